The summed E-state index contributed by atoms with van der Waals surface area (Å²) in [5.74, 6) is 1.01. The third-order valence-corrected chi connectivity index (χ3v) is 5.53. The van der Waals surface area contributed by atoms with Crippen LogP contribution in [0, 0.1) is 18.8 Å². The van der Waals surface area contributed by atoms with Gasteiger partial charge in [-0.15, -0.1) is 0 Å². The lowest BCUT2D eigenvalue weighted by atomic mass is 10.0. The van der Waals surface area contributed by atoms with E-state index in [1.165, 1.54) is 0 Å². The molecule has 1 fully saturated rings. The van der Waals surface area contributed by atoms with E-state index < -0.39 is 28.4 Å². The number of rotatable bonds is 9. The molecule has 1 aliphatic carbocycles. The fourth-order valence-electron chi connectivity index (χ4n) is 3.55. The molecule has 30 heavy (non-hydrogen) atoms. The Kier molecular flexibility index (Phi) is 7.21. The van der Waals surface area contributed by atoms with Crippen LogP contribution >= 0.6 is 0 Å². The highest BCUT2D eigenvalue weighted by Gasteiger charge is 2.41. The van der Waals surface area contributed by atoms with Crippen molar-refractivity contribution in [1.29, 1.82) is 0 Å². The minimum atomic E-state index is -4.09. The van der Waals surface area contributed by atoms with E-state index in [1.807, 2.05) is 30.3 Å². The van der Waals surface area contributed by atoms with Gasteiger partial charge in [0.25, 0.3) is 0 Å². The van der Waals surface area contributed by atoms with E-state index in [-0.39, 0.29) is 12.5 Å². The van der Waals surface area contributed by atoms with Crippen molar-refractivity contribution in [3.8, 4) is 0 Å². The number of aliphatic hydroxyl groups excluding tert-OH is 2. The summed E-state index contributed by atoms with van der Waals surface area (Å²) >= 11 is 0. The zero-order chi connectivity index (χ0) is 21.7. The van der Waals surface area contributed by atoms with Crippen LogP contribution in [0.2, 0.25) is 0 Å². The Morgan fingerprint density at radius 2 is 1.73 bits per heavy atom. The monoisotopic (exact) mass is 437 g/mol. The third-order valence-electron chi connectivity index (χ3n) is 5.07. The molecule has 11 heteroatoms. The van der Waals surface area contributed by atoms with E-state index in [4.69, 9.17) is 5.14 Å². The van der Waals surface area contributed by atoms with Crippen molar-refractivity contribution in [2.45, 2.75) is 32.1 Å². The minimum absolute atomic E-state index is 0.270. The predicted octanol–water partition coefficient (Wildman–Crippen LogP) is 0.387. The Hall–Kier alpha value is -2.31. The summed E-state index contributed by atoms with van der Waals surface area (Å²) < 4.78 is 26.5. The molecule has 0 saturated heterocycles. The van der Waals surface area contributed by atoms with E-state index in [1.54, 1.807) is 13.0 Å². The number of aryl methyl sites for hydroxylation is 1. The van der Waals surface area contributed by atoms with Crippen LogP contribution in [0.3, 0.4) is 0 Å². The molecule has 0 bridgehead atoms. The number of nitrogens with two attached hydrogens (primary N) is 1. The van der Waals surface area contributed by atoms with Gasteiger partial charge in [-0.2, -0.15) is 8.42 Å². The first kappa shape index (κ1) is 22.4. The van der Waals surface area contributed by atoms with Crippen LogP contribution in [0.25, 0.3) is 0 Å². The molecule has 0 unspecified atom stereocenters. The highest BCUT2D eigenvalue weighted by atomic mass is 32.2. The van der Waals surface area contributed by atoms with Crippen LogP contribution in [0.15, 0.2) is 36.4 Å². The maximum atomic E-state index is 11.0. The van der Waals surface area contributed by atoms with Crippen molar-refractivity contribution in [3.63, 3.8) is 0 Å². The van der Waals surface area contributed by atoms with Crippen molar-refractivity contribution in [2.75, 3.05) is 23.8 Å². The Balaban J connectivity index is 1.56. The topological polar surface area (TPSA) is 160 Å². The lowest BCUT2D eigenvalue weighted by molar-refractivity contribution is -0.00162. The summed E-state index contributed by atoms with van der Waals surface area (Å²) in [6.07, 6.45) is -1.72. The molecule has 0 aliphatic heterocycles. The van der Waals surface area contributed by atoms with Crippen LogP contribution < -0.4 is 15.8 Å². The molecule has 1 aromatic heterocycles. The average Bonchev–Trinajstić information content (AvgIpc) is 2.97. The fraction of sp³-hybridized carbons (Fsp3) is 0.474. The molecule has 4 atom stereocenters. The van der Waals surface area contributed by atoms with E-state index in [0.29, 0.717) is 37.0 Å². The van der Waals surface area contributed by atoms with Gasteiger partial charge in [-0.05, 0) is 18.9 Å². The van der Waals surface area contributed by atoms with Crippen molar-refractivity contribution < 1.29 is 22.8 Å². The molecule has 6 N–H and O–H groups in total. The van der Waals surface area contributed by atoms with E-state index >= 15 is 0 Å². The van der Waals surface area contributed by atoms with Gasteiger partial charge in [-0.25, -0.2) is 15.1 Å². The zero-order valence-corrected chi connectivity index (χ0v) is 17.4. The zero-order valence-electron chi connectivity index (χ0n) is 16.6. The van der Waals surface area contributed by atoms with Gasteiger partial charge in [-0.3, -0.25) is 4.18 Å². The summed E-state index contributed by atoms with van der Waals surface area (Å²) in [4.78, 5) is 8.73. The first-order valence-electron chi connectivity index (χ1n) is 9.62. The van der Waals surface area contributed by atoms with Gasteiger partial charge in [0.15, 0.2) is 0 Å². The van der Waals surface area contributed by atoms with Crippen molar-refractivity contribution in [1.82, 2.24) is 9.97 Å². The summed E-state index contributed by atoms with van der Waals surface area (Å²) in [6, 6.07) is 11.7. The lowest BCUT2D eigenvalue weighted by Crippen LogP contribution is -2.32. The van der Waals surface area contributed by atoms with Crippen molar-refractivity contribution in [3.05, 3.63) is 47.8 Å². The highest BCUT2D eigenvalue weighted by molar-refractivity contribution is 7.84. The Morgan fingerprint density at radius 1 is 1.10 bits per heavy atom. The smallest absolute Gasteiger partial charge is 0.333 e. The Morgan fingerprint density at radius 3 is 2.40 bits per heavy atom. The third kappa shape index (κ3) is 6.34. The molecule has 1 aromatic carbocycles. The normalized spacial score (nSPS) is 24.0. The molecule has 164 valence electrons. The van der Waals surface area contributed by atoms with Gasteiger partial charge < -0.3 is 20.8 Å². The number of aromatic nitrogens is 2. The average molecular weight is 438 g/mol. The number of hydrogen-bond acceptors (Lipinski definition) is 9. The van der Waals surface area contributed by atoms with Gasteiger partial charge in [0, 0.05) is 31.0 Å². The second-order valence-corrected chi connectivity index (χ2v) is 8.64. The molecular weight excluding hydrogens is 410 g/mol. The fourth-order valence-corrected chi connectivity index (χ4v) is 3.92. The summed E-state index contributed by atoms with van der Waals surface area (Å²) in [5, 5.41) is 31.7. The van der Waals surface area contributed by atoms with E-state index in [2.05, 4.69) is 24.8 Å². The molecule has 0 spiro atoms. The maximum absolute atomic E-state index is 11.0. The van der Waals surface area contributed by atoms with Crippen molar-refractivity contribution >= 4 is 21.9 Å². The van der Waals surface area contributed by atoms with Crippen LogP contribution in [-0.2, 0) is 21.0 Å². The largest absolute Gasteiger partial charge is 0.390 e. The van der Waals surface area contributed by atoms with Gasteiger partial charge in [-0.1, -0.05) is 30.3 Å². The van der Waals surface area contributed by atoms with Gasteiger partial charge in [0.2, 0.25) is 0 Å². The SMILES string of the molecule is Cc1nc(NCc2ccccc2)cc(NC[C@@H]2C[C@H](COS(N)(=O)=O)[C@@H](O)[C@H]2O)n1. The first-order valence-corrected chi connectivity index (χ1v) is 11.1. The van der Waals surface area contributed by atoms with E-state index in [0.717, 1.165) is 5.56 Å². The molecular formula is C19H27N5O5S. The quantitative estimate of drug-likeness (QED) is 0.374. The summed E-state index contributed by atoms with van der Waals surface area (Å²) in [5.41, 5.74) is 1.12. The molecule has 2 aromatic rings. The number of hydrogen-bond donors (Lipinski definition) is 5. The van der Waals surface area contributed by atoms with Crippen LogP contribution in [0.4, 0.5) is 11.6 Å². The van der Waals surface area contributed by atoms with Crippen LogP contribution in [0.1, 0.15) is 17.8 Å². The lowest BCUT2D eigenvalue weighted by Gasteiger charge is -2.18. The number of nitrogens with zero attached hydrogens (tertiary/aromatic N) is 2. The predicted molar refractivity (Wildman–Crippen MR) is 112 cm³/mol. The molecule has 1 saturated carbocycles. The summed E-state index contributed by atoms with van der Waals surface area (Å²) in [7, 11) is -4.09. The summed E-state index contributed by atoms with van der Waals surface area (Å²) in [6.45, 7) is 2.48. The Bertz CT molecular complexity index is 944. The molecule has 0 radical (unpaired) electrons. The maximum Gasteiger partial charge on any atom is 0.333 e. The first-order chi connectivity index (χ1) is 14.2. The molecule has 1 heterocycles. The van der Waals surface area contributed by atoms with E-state index in [9.17, 15) is 18.6 Å². The second kappa shape index (κ2) is 9.67. The van der Waals surface area contributed by atoms with Gasteiger partial charge in [0.1, 0.15) is 17.5 Å². The Labute approximate surface area is 175 Å². The minimum Gasteiger partial charge on any atom is -0.390 e. The van der Waals surface area contributed by atoms with Crippen molar-refractivity contribution in [2.24, 2.45) is 17.0 Å². The van der Waals surface area contributed by atoms with Gasteiger partial charge >= 0.3 is 10.3 Å². The molecule has 3 rings (SSSR count). The number of nitrogens with one attached hydrogen (secondary N) is 2. The number of benzene rings is 1. The van der Waals surface area contributed by atoms with Crippen LogP contribution in [-0.4, -0.2) is 54.0 Å². The second-order valence-electron chi connectivity index (χ2n) is 7.42. The number of aliphatic hydroxyl groups is 2. The standard InChI is InChI=1S/C19H27N5O5S/c1-12-23-16(21-9-13-5-3-2-4-6-13)8-17(24-12)22-10-14-7-15(19(26)18(14)25)11-29-30(20,27)28/h2-6,8,14-15,18-19,25-26H,7,9-11H2,1H3,(H2,20,27,28)(H2,21,22,23,24)/t14-,15+,18-,19+/m0/s1. The number of anilines is 2. The molecule has 10 nitrogen and oxygen atoms in total. The van der Waals surface area contributed by atoms with Crippen LogP contribution in [0.5, 0.6) is 0 Å². The van der Waals surface area contributed by atoms with Gasteiger partial charge in [0.05, 0.1) is 18.8 Å². The highest BCUT2D eigenvalue weighted by Crippen LogP contribution is 2.32. The molecule has 1 aliphatic rings. The molecule has 0 amide bonds.